The molecule has 170 valence electrons. The zero-order chi connectivity index (χ0) is 22.7. The van der Waals surface area contributed by atoms with E-state index in [1.54, 1.807) is 0 Å². The third-order valence-corrected chi connectivity index (χ3v) is 7.65. The van der Waals surface area contributed by atoms with Gasteiger partial charge in [0.1, 0.15) is 16.9 Å². The van der Waals surface area contributed by atoms with Crippen molar-refractivity contribution in [3.05, 3.63) is 70.6 Å². The van der Waals surface area contributed by atoms with Crippen LogP contribution in [-0.2, 0) is 15.9 Å². The fourth-order valence-corrected chi connectivity index (χ4v) is 5.84. The predicted molar refractivity (Wildman–Crippen MR) is 131 cm³/mol. The van der Waals surface area contributed by atoms with E-state index in [1.807, 2.05) is 32.2 Å². The number of aromatic nitrogens is 3. The third kappa shape index (κ3) is 3.81. The minimum atomic E-state index is -0.578. The normalized spacial score (nSPS) is 26.3. The number of halogens is 2. The molecule has 4 heterocycles. The van der Waals surface area contributed by atoms with Gasteiger partial charge in [0.05, 0.1) is 22.7 Å². The summed E-state index contributed by atoms with van der Waals surface area (Å²) in [5, 5.41) is 2.97. The summed E-state index contributed by atoms with van der Waals surface area (Å²) in [6, 6.07) is 14.6. The van der Waals surface area contributed by atoms with Crippen molar-refractivity contribution in [2.75, 3.05) is 0 Å². The molecule has 3 aromatic heterocycles. The standard InChI is InChI=1S/C26H25Cl2N3O2/c1-26(2)32-22-18(8-6-15-5-7-17-13-19(27)24(28)30-20(17)12-15)14-21(23(22)33-26)31-11-9-16-4-3-10-29-25(16)31/h3-5,7,9-13,18,21-23H,6,8,14H2,1-2H3/t18-,21+,22+,23-/m0/s1. The lowest BCUT2D eigenvalue weighted by Gasteiger charge is -2.24. The van der Waals surface area contributed by atoms with Crippen molar-refractivity contribution in [1.82, 2.24) is 14.5 Å². The van der Waals surface area contributed by atoms with Crippen LogP contribution < -0.4 is 0 Å². The molecule has 4 atom stereocenters. The maximum Gasteiger partial charge on any atom is 0.163 e. The van der Waals surface area contributed by atoms with E-state index in [0.29, 0.717) is 16.1 Å². The molecule has 5 nitrogen and oxygen atoms in total. The monoisotopic (exact) mass is 481 g/mol. The Morgan fingerprint density at radius 1 is 1.06 bits per heavy atom. The lowest BCUT2D eigenvalue weighted by atomic mass is 9.95. The second-order valence-corrected chi connectivity index (χ2v) is 10.4. The van der Waals surface area contributed by atoms with Crippen molar-refractivity contribution >= 4 is 45.1 Å². The average molecular weight is 482 g/mol. The first kappa shape index (κ1) is 21.4. The number of hydrogen-bond acceptors (Lipinski definition) is 4. The Bertz CT molecular complexity index is 1350. The van der Waals surface area contributed by atoms with Crippen LogP contribution in [0.3, 0.4) is 0 Å². The summed E-state index contributed by atoms with van der Waals surface area (Å²) in [5.74, 6) is -0.189. The Morgan fingerprint density at radius 2 is 1.91 bits per heavy atom. The van der Waals surface area contributed by atoms with Gasteiger partial charge in [0, 0.05) is 23.2 Å². The Labute approximate surface area is 202 Å². The molecule has 6 rings (SSSR count). The van der Waals surface area contributed by atoms with E-state index >= 15 is 0 Å². The molecule has 0 radical (unpaired) electrons. The van der Waals surface area contributed by atoms with Crippen molar-refractivity contribution in [3.63, 3.8) is 0 Å². The maximum atomic E-state index is 6.41. The predicted octanol–water partition coefficient (Wildman–Crippen LogP) is 6.61. The quantitative estimate of drug-likeness (QED) is 0.308. The SMILES string of the molecule is CC1(C)O[C@@H]2[C@@H](CCc3ccc4cc(Cl)c(Cl)nc4c3)C[C@@H](n3ccc4cccnc43)[C@@H]2O1. The molecule has 0 N–H and O–H groups in total. The molecule has 0 spiro atoms. The minimum Gasteiger partial charge on any atom is -0.344 e. The van der Waals surface area contributed by atoms with E-state index < -0.39 is 5.79 Å². The number of ether oxygens (including phenoxy) is 2. The summed E-state index contributed by atoms with van der Waals surface area (Å²) in [5.41, 5.74) is 3.11. The molecular weight excluding hydrogens is 457 g/mol. The van der Waals surface area contributed by atoms with Crippen LogP contribution >= 0.6 is 23.2 Å². The molecule has 1 saturated carbocycles. The first-order valence-corrected chi connectivity index (χ1v) is 12.2. The van der Waals surface area contributed by atoms with E-state index in [1.165, 1.54) is 5.56 Å². The molecule has 1 aromatic carbocycles. The maximum absolute atomic E-state index is 6.41. The van der Waals surface area contributed by atoms with Crippen LogP contribution in [0, 0.1) is 5.92 Å². The van der Waals surface area contributed by atoms with Gasteiger partial charge in [0.25, 0.3) is 0 Å². The van der Waals surface area contributed by atoms with Crippen molar-refractivity contribution < 1.29 is 9.47 Å². The molecule has 7 heteroatoms. The topological polar surface area (TPSA) is 49.2 Å². The molecule has 0 amide bonds. The Hall–Kier alpha value is -2.18. The summed E-state index contributed by atoms with van der Waals surface area (Å²) in [4.78, 5) is 9.08. The number of benzene rings is 1. The highest BCUT2D eigenvalue weighted by molar-refractivity contribution is 6.41. The van der Waals surface area contributed by atoms with Crippen LogP contribution in [0.25, 0.3) is 21.9 Å². The number of fused-ring (bicyclic) bond motifs is 3. The van der Waals surface area contributed by atoms with Crippen LogP contribution in [0.15, 0.2) is 54.9 Å². The second-order valence-electron chi connectivity index (χ2n) is 9.59. The van der Waals surface area contributed by atoms with E-state index in [2.05, 4.69) is 51.1 Å². The van der Waals surface area contributed by atoms with Crippen molar-refractivity contribution in [2.45, 2.75) is 57.1 Å². The van der Waals surface area contributed by atoms with Gasteiger partial charge in [-0.1, -0.05) is 35.3 Å². The fourth-order valence-electron chi connectivity index (χ4n) is 5.54. The highest BCUT2D eigenvalue weighted by atomic mass is 35.5. The number of pyridine rings is 2. The largest absolute Gasteiger partial charge is 0.344 e. The molecular formula is C26H25Cl2N3O2. The molecule has 1 aliphatic carbocycles. The lowest BCUT2D eigenvalue weighted by molar-refractivity contribution is -0.160. The van der Waals surface area contributed by atoms with Gasteiger partial charge in [0.2, 0.25) is 0 Å². The zero-order valence-electron chi connectivity index (χ0n) is 18.5. The van der Waals surface area contributed by atoms with E-state index in [-0.39, 0.29) is 18.2 Å². The molecule has 0 unspecified atom stereocenters. The molecule has 1 saturated heterocycles. The minimum absolute atomic E-state index is 0.0156. The van der Waals surface area contributed by atoms with Crippen LogP contribution in [0.4, 0.5) is 0 Å². The molecule has 0 bridgehead atoms. The summed E-state index contributed by atoms with van der Waals surface area (Å²) < 4.78 is 15.1. The summed E-state index contributed by atoms with van der Waals surface area (Å²) >= 11 is 12.2. The van der Waals surface area contributed by atoms with Crippen LogP contribution in [0.5, 0.6) is 0 Å². The van der Waals surface area contributed by atoms with Crippen molar-refractivity contribution in [2.24, 2.45) is 5.92 Å². The first-order chi connectivity index (χ1) is 15.9. The highest BCUT2D eigenvalue weighted by Crippen LogP contribution is 2.49. The molecule has 33 heavy (non-hydrogen) atoms. The van der Waals surface area contributed by atoms with Gasteiger partial charge < -0.3 is 14.0 Å². The van der Waals surface area contributed by atoms with E-state index in [0.717, 1.165) is 41.2 Å². The second kappa shape index (κ2) is 7.95. The number of nitrogens with zero attached hydrogens (tertiary/aromatic N) is 3. The summed E-state index contributed by atoms with van der Waals surface area (Å²) in [7, 11) is 0. The average Bonchev–Trinajstić information content (AvgIpc) is 3.44. The first-order valence-electron chi connectivity index (χ1n) is 11.4. The summed E-state index contributed by atoms with van der Waals surface area (Å²) in [6.45, 7) is 4.02. The van der Waals surface area contributed by atoms with Gasteiger partial charge in [-0.25, -0.2) is 9.97 Å². The van der Waals surface area contributed by atoms with Crippen LogP contribution in [0.2, 0.25) is 10.2 Å². The molecule has 2 fully saturated rings. The van der Waals surface area contributed by atoms with E-state index in [4.69, 9.17) is 32.7 Å². The molecule has 1 aliphatic heterocycles. The van der Waals surface area contributed by atoms with E-state index in [9.17, 15) is 0 Å². The smallest absolute Gasteiger partial charge is 0.163 e. The number of hydrogen-bond donors (Lipinski definition) is 0. The van der Waals surface area contributed by atoms with Crippen LogP contribution in [-0.4, -0.2) is 32.5 Å². The molecule has 4 aromatic rings. The van der Waals surface area contributed by atoms with Gasteiger partial charge in [-0.3, -0.25) is 0 Å². The number of aryl methyl sites for hydroxylation is 1. The third-order valence-electron chi connectivity index (χ3n) is 6.98. The summed E-state index contributed by atoms with van der Waals surface area (Å²) in [6.07, 6.45) is 7.02. The number of rotatable bonds is 4. The van der Waals surface area contributed by atoms with Gasteiger partial charge in [-0.15, -0.1) is 0 Å². The lowest BCUT2D eigenvalue weighted by Crippen LogP contribution is -2.27. The highest BCUT2D eigenvalue weighted by Gasteiger charge is 2.54. The van der Waals surface area contributed by atoms with Gasteiger partial charge in [-0.05, 0) is 74.9 Å². The van der Waals surface area contributed by atoms with Gasteiger partial charge >= 0.3 is 0 Å². The Morgan fingerprint density at radius 3 is 2.79 bits per heavy atom. The van der Waals surface area contributed by atoms with Crippen molar-refractivity contribution in [1.29, 1.82) is 0 Å². The molecule has 2 aliphatic rings. The van der Waals surface area contributed by atoms with Gasteiger partial charge in [-0.2, -0.15) is 0 Å². The Balaban J connectivity index is 1.26. The zero-order valence-corrected chi connectivity index (χ0v) is 20.1. The van der Waals surface area contributed by atoms with Gasteiger partial charge in [0.15, 0.2) is 5.79 Å². The fraction of sp³-hybridized carbons (Fsp3) is 0.385. The van der Waals surface area contributed by atoms with Crippen molar-refractivity contribution in [3.8, 4) is 0 Å². The Kier molecular flexibility index (Phi) is 5.15. The van der Waals surface area contributed by atoms with Crippen LogP contribution in [0.1, 0.15) is 38.3 Å².